The standard InChI is InChI=1S/C19H20N4O3S/c1-4-27-19-21-18-20-15-7-11(8-16(24)14(15)10-23(18)22-19)13-6-5-12(25-2)9-17(13)26-3/h5-6,9-11H,4,7-8H2,1-3H3. The Balaban J connectivity index is 1.72. The zero-order chi connectivity index (χ0) is 19.0. The molecule has 140 valence electrons. The van der Waals surface area contributed by atoms with Crippen molar-refractivity contribution in [2.75, 3.05) is 20.0 Å². The summed E-state index contributed by atoms with van der Waals surface area (Å²) in [6, 6.07) is 5.70. The second-order valence-corrected chi connectivity index (χ2v) is 7.54. The molecule has 0 saturated carbocycles. The normalized spacial score (nSPS) is 16.4. The van der Waals surface area contributed by atoms with Crippen molar-refractivity contribution in [3.8, 4) is 11.5 Å². The van der Waals surface area contributed by atoms with Gasteiger partial charge in [0, 0.05) is 24.6 Å². The van der Waals surface area contributed by atoms with E-state index in [1.54, 1.807) is 36.7 Å². The van der Waals surface area contributed by atoms with Gasteiger partial charge in [-0.25, -0.2) is 9.50 Å². The van der Waals surface area contributed by atoms with Crippen molar-refractivity contribution in [2.24, 2.45) is 0 Å². The minimum Gasteiger partial charge on any atom is -0.497 e. The van der Waals surface area contributed by atoms with E-state index in [0.717, 1.165) is 28.5 Å². The molecule has 1 aliphatic carbocycles. The van der Waals surface area contributed by atoms with E-state index in [2.05, 4.69) is 15.1 Å². The molecule has 7 nitrogen and oxygen atoms in total. The van der Waals surface area contributed by atoms with Crippen molar-refractivity contribution in [3.63, 3.8) is 0 Å². The van der Waals surface area contributed by atoms with Gasteiger partial charge in [-0.1, -0.05) is 24.8 Å². The Morgan fingerprint density at radius 1 is 1.22 bits per heavy atom. The van der Waals surface area contributed by atoms with Gasteiger partial charge in [0.15, 0.2) is 5.78 Å². The van der Waals surface area contributed by atoms with Gasteiger partial charge >= 0.3 is 0 Å². The van der Waals surface area contributed by atoms with Crippen molar-refractivity contribution in [1.82, 2.24) is 19.6 Å². The highest BCUT2D eigenvalue weighted by Gasteiger charge is 2.30. The molecule has 0 fully saturated rings. The number of Topliss-reactive ketones (excluding diaryl/α,β-unsaturated/α-hetero) is 1. The second kappa shape index (κ2) is 7.19. The summed E-state index contributed by atoms with van der Waals surface area (Å²) in [5, 5.41) is 5.06. The predicted octanol–water partition coefficient (Wildman–Crippen LogP) is 3.17. The van der Waals surface area contributed by atoms with E-state index in [-0.39, 0.29) is 11.7 Å². The van der Waals surface area contributed by atoms with Crippen molar-refractivity contribution in [1.29, 1.82) is 0 Å². The third-order valence-corrected chi connectivity index (χ3v) is 5.44. The Labute approximate surface area is 161 Å². The van der Waals surface area contributed by atoms with E-state index >= 15 is 0 Å². The van der Waals surface area contributed by atoms with E-state index < -0.39 is 0 Å². The number of aromatic nitrogens is 4. The zero-order valence-electron chi connectivity index (χ0n) is 15.4. The van der Waals surface area contributed by atoms with Crippen LogP contribution in [0.15, 0.2) is 29.6 Å². The molecule has 0 aliphatic heterocycles. The number of rotatable bonds is 5. The van der Waals surface area contributed by atoms with Gasteiger partial charge in [-0.05, 0) is 23.8 Å². The number of thioether (sulfide) groups is 1. The average molecular weight is 384 g/mol. The Kier molecular flexibility index (Phi) is 4.73. The van der Waals surface area contributed by atoms with Crippen molar-refractivity contribution in [3.05, 3.63) is 41.2 Å². The molecule has 0 spiro atoms. The highest BCUT2D eigenvalue weighted by molar-refractivity contribution is 7.99. The number of methoxy groups -OCH3 is 2. The number of ketones is 1. The Bertz CT molecular complexity index is 1020. The molecule has 1 aromatic carbocycles. The predicted molar refractivity (Wildman–Crippen MR) is 102 cm³/mol. The molecule has 27 heavy (non-hydrogen) atoms. The van der Waals surface area contributed by atoms with Gasteiger partial charge in [-0.3, -0.25) is 4.79 Å². The molecule has 0 N–H and O–H groups in total. The summed E-state index contributed by atoms with van der Waals surface area (Å²) in [6.07, 6.45) is 2.83. The number of hydrogen-bond donors (Lipinski definition) is 0. The van der Waals surface area contributed by atoms with Crippen molar-refractivity contribution >= 4 is 23.3 Å². The minimum absolute atomic E-state index is 0.00761. The van der Waals surface area contributed by atoms with E-state index in [1.165, 1.54) is 0 Å². The Morgan fingerprint density at radius 3 is 2.81 bits per heavy atom. The fraction of sp³-hybridized carbons (Fsp3) is 0.368. The summed E-state index contributed by atoms with van der Waals surface area (Å²) in [7, 11) is 3.25. The maximum Gasteiger partial charge on any atom is 0.253 e. The van der Waals surface area contributed by atoms with Gasteiger partial charge in [-0.2, -0.15) is 4.98 Å². The molecule has 1 atom stereocenters. The van der Waals surface area contributed by atoms with Gasteiger partial charge in [0.2, 0.25) is 5.16 Å². The van der Waals surface area contributed by atoms with Gasteiger partial charge in [0.1, 0.15) is 11.5 Å². The van der Waals surface area contributed by atoms with Crippen LogP contribution < -0.4 is 9.47 Å². The average Bonchev–Trinajstić information content (AvgIpc) is 3.07. The van der Waals surface area contributed by atoms with Gasteiger partial charge in [0.25, 0.3) is 5.78 Å². The molecule has 2 aromatic heterocycles. The van der Waals surface area contributed by atoms with E-state index in [0.29, 0.717) is 29.3 Å². The lowest BCUT2D eigenvalue weighted by Crippen LogP contribution is -2.21. The van der Waals surface area contributed by atoms with Crippen LogP contribution in [0.1, 0.15) is 40.9 Å². The largest absolute Gasteiger partial charge is 0.497 e. The third-order valence-electron chi connectivity index (χ3n) is 4.72. The fourth-order valence-corrected chi connectivity index (χ4v) is 3.98. The molecule has 0 bridgehead atoms. The number of ether oxygens (including phenoxy) is 2. The van der Waals surface area contributed by atoms with Gasteiger partial charge < -0.3 is 9.47 Å². The first kappa shape index (κ1) is 17.8. The molecule has 3 aromatic rings. The van der Waals surface area contributed by atoms with Crippen LogP contribution in [0.2, 0.25) is 0 Å². The van der Waals surface area contributed by atoms with Crippen LogP contribution in [-0.2, 0) is 6.42 Å². The van der Waals surface area contributed by atoms with Crippen LogP contribution in [0.25, 0.3) is 5.78 Å². The maximum absolute atomic E-state index is 12.8. The first-order chi connectivity index (χ1) is 13.1. The smallest absolute Gasteiger partial charge is 0.253 e. The molecule has 1 unspecified atom stereocenters. The first-order valence-electron chi connectivity index (χ1n) is 8.77. The summed E-state index contributed by atoms with van der Waals surface area (Å²) in [5.74, 6) is 2.93. The molecular weight excluding hydrogens is 364 g/mol. The van der Waals surface area contributed by atoms with Crippen LogP contribution in [0, 0.1) is 0 Å². The van der Waals surface area contributed by atoms with Crippen LogP contribution in [0.4, 0.5) is 0 Å². The molecule has 0 saturated heterocycles. The molecule has 2 heterocycles. The molecule has 1 aliphatic rings. The number of carbonyl (C=O) groups excluding carboxylic acids is 1. The minimum atomic E-state index is 0.00761. The quantitative estimate of drug-likeness (QED) is 0.625. The van der Waals surface area contributed by atoms with Gasteiger partial charge in [-0.15, -0.1) is 5.10 Å². The summed E-state index contributed by atoms with van der Waals surface area (Å²) in [5.41, 5.74) is 2.38. The fourth-order valence-electron chi connectivity index (χ4n) is 3.43. The molecule has 0 radical (unpaired) electrons. The number of fused-ring (bicyclic) bond motifs is 2. The van der Waals surface area contributed by atoms with Crippen molar-refractivity contribution < 1.29 is 14.3 Å². The Morgan fingerprint density at radius 2 is 2.07 bits per heavy atom. The van der Waals surface area contributed by atoms with Crippen LogP contribution >= 0.6 is 11.8 Å². The molecule has 0 amide bonds. The third kappa shape index (κ3) is 3.25. The number of nitrogens with zero attached hydrogens (tertiary/aromatic N) is 4. The molecule has 4 rings (SSSR count). The van der Waals surface area contributed by atoms with Crippen LogP contribution in [0.3, 0.4) is 0 Å². The summed E-state index contributed by atoms with van der Waals surface area (Å²) in [4.78, 5) is 21.9. The molecular formula is C19H20N4O3S. The Hall–Kier alpha value is -2.61. The lowest BCUT2D eigenvalue weighted by Gasteiger charge is -2.24. The lowest BCUT2D eigenvalue weighted by atomic mass is 9.82. The maximum atomic E-state index is 12.8. The SMILES string of the molecule is CCSc1nc2nc3c(cn2n1)C(=O)CC(c1ccc(OC)cc1OC)C3. The second-order valence-electron chi connectivity index (χ2n) is 6.31. The summed E-state index contributed by atoms with van der Waals surface area (Å²) in [6.45, 7) is 2.05. The van der Waals surface area contributed by atoms with Crippen molar-refractivity contribution in [2.45, 2.75) is 30.8 Å². The number of hydrogen-bond acceptors (Lipinski definition) is 7. The highest BCUT2D eigenvalue weighted by atomic mass is 32.2. The summed E-state index contributed by atoms with van der Waals surface area (Å²) < 4.78 is 12.4. The monoisotopic (exact) mass is 384 g/mol. The van der Waals surface area contributed by atoms with Crippen LogP contribution in [0.5, 0.6) is 11.5 Å². The topological polar surface area (TPSA) is 78.6 Å². The number of benzene rings is 1. The van der Waals surface area contributed by atoms with E-state index in [1.807, 2.05) is 25.1 Å². The van der Waals surface area contributed by atoms with Crippen LogP contribution in [-0.4, -0.2) is 45.3 Å². The van der Waals surface area contributed by atoms with Gasteiger partial charge in [0.05, 0.1) is 25.5 Å². The zero-order valence-corrected chi connectivity index (χ0v) is 16.2. The van der Waals surface area contributed by atoms with E-state index in [9.17, 15) is 4.79 Å². The molecule has 8 heteroatoms. The lowest BCUT2D eigenvalue weighted by molar-refractivity contribution is 0.0962. The number of carbonyl (C=O) groups is 1. The highest BCUT2D eigenvalue weighted by Crippen LogP contribution is 2.38. The summed E-state index contributed by atoms with van der Waals surface area (Å²) >= 11 is 1.55. The first-order valence-corrected chi connectivity index (χ1v) is 9.75. The van der Waals surface area contributed by atoms with E-state index in [4.69, 9.17) is 9.47 Å².